The van der Waals surface area contributed by atoms with Crippen molar-refractivity contribution in [1.82, 2.24) is 0 Å². The second-order valence-corrected chi connectivity index (χ2v) is 29.5. The standard InChI is InChI=1S/C96H68B2N4O4/c1-95(2)75-49-51-79-93(89(75)73-47-45-69(53-77(73)95)99(61-29-13-5-14-30-61)62-31-15-6-16-32-62)105-87-57-71(101(65-37-21-9-22-38-65)66-39-23-10-24-40-66)55-85-91(87)97(79)81-59-82-84(60-83(81)103-85)104-86-56-72(102(67-41-25-11-26-42-67)68-43-27-12-28-44-68)58-88-92(86)98(82)80-52-50-76-90(94(80)106-88)74-48-46-70(54-78(74)96(76,3)4)100(63-33-17-7-18-34-63)64-35-19-8-20-36-64/h5-60H,1-4H3. The highest BCUT2D eigenvalue weighted by molar-refractivity contribution is 7.01. The lowest BCUT2D eigenvalue weighted by molar-refractivity contribution is 0.452. The van der Waals surface area contributed by atoms with Crippen molar-refractivity contribution in [2.24, 2.45) is 0 Å². The lowest BCUT2D eigenvalue weighted by atomic mass is 9.31. The van der Waals surface area contributed by atoms with Gasteiger partial charge in [-0.1, -0.05) is 216 Å². The smallest absolute Gasteiger partial charge is 0.260 e. The fraction of sp³-hybridized carbons (Fsp3) is 0.0625. The van der Waals surface area contributed by atoms with Crippen molar-refractivity contribution in [3.63, 3.8) is 0 Å². The van der Waals surface area contributed by atoms with E-state index in [0.29, 0.717) is 11.5 Å². The molecule has 0 radical (unpaired) electrons. The molecule has 0 unspecified atom stereocenters. The van der Waals surface area contributed by atoms with Crippen LogP contribution in [0.5, 0.6) is 46.0 Å². The Bertz CT molecular complexity index is 5520. The summed E-state index contributed by atoms with van der Waals surface area (Å²) in [4.78, 5) is 9.30. The molecule has 0 atom stereocenters. The van der Waals surface area contributed by atoms with Crippen molar-refractivity contribution >= 4 is 114 Å². The van der Waals surface area contributed by atoms with Gasteiger partial charge in [-0.15, -0.1) is 0 Å². The Morgan fingerprint density at radius 1 is 0.217 bits per heavy atom. The highest BCUT2D eigenvalue weighted by Crippen LogP contribution is 2.58. The second kappa shape index (κ2) is 23.7. The SMILES string of the molecule is CC1(C)c2cc(N(c3ccccc3)c3ccccc3)ccc2-c2c1ccc1c2Oc2cc(N(c3ccccc3)c3ccccc3)cc3c2B1c1cc2c(cc1O3)Oc1cc(N(c3ccccc3)c3ccccc3)cc3c1B2c1ccc2c(c1O3)-c1ccc(N(c3ccccc3)c3ccccc3)cc1C2(C)C. The van der Waals surface area contributed by atoms with Crippen LogP contribution >= 0.6 is 0 Å². The molecule has 0 saturated carbocycles. The molecule has 4 heterocycles. The number of anilines is 12. The first-order chi connectivity index (χ1) is 52.1. The van der Waals surface area contributed by atoms with Gasteiger partial charge < -0.3 is 38.5 Å². The molecule has 0 fully saturated rings. The minimum atomic E-state index is -0.406. The zero-order valence-electron chi connectivity index (χ0n) is 58.9. The van der Waals surface area contributed by atoms with E-state index in [1.165, 1.54) is 22.3 Å². The third-order valence-corrected chi connectivity index (χ3v) is 22.8. The molecular weight excluding hydrogens is 1290 g/mol. The molecule has 21 rings (SSSR count). The predicted octanol–water partition coefficient (Wildman–Crippen LogP) is 21.6. The highest BCUT2D eigenvalue weighted by Gasteiger charge is 2.50. The summed E-state index contributed by atoms with van der Waals surface area (Å²) in [6.45, 7) is 8.80. The Balaban J connectivity index is 0.778. The Labute approximate surface area is 618 Å². The van der Waals surface area contributed by atoms with Gasteiger partial charge in [0.25, 0.3) is 13.4 Å². The van der Waals surface area contributed by atoms with E-state index in [-0.39, 0.29) is 13.4 Å². The molecule has 0 bridgehead atoms. The van der Waals surface area contributed by atoms with Gasteiger partial charge in [0.2, 0.25) is 0 Å². The molecule has 0 amide bonds. The molecule has 4 aliphatic heterocycles. The molecule has 6 aliphatic rings. The van der Waals surface area contributed by atoms with Crippen molar-refractivity contribution in [1.29, 1.82) is 0 Å². The average Bonchev–Trinajstić information content (AvgIpc) is 1.03. The van der Waals surface area contributed by atoms with Gasteiger partial charge in [-0.2, -0.15) is 0 Å². The van der Waals surface area contributed by atoms with E-state index in [1.807, 2.05) is 0 Å². The maximum Gasteiger partial charge on any atom is 0.260 e. The quantitative estimate of drug-likeness (QED) is 0.112. The van der Waals surface area contributed by atoms with E-state index in [1.54, 1.807) is 0 Å². The van der Waals surface area contributed by atoms with Crippen LogP contribution in [0.25, 0.3) is 22.3 Å². The van der Waals surface area contributed by atoms with E-state index < -0.39 is 10.8 Å². The van der Waals surface area contributed by atoms with Crippen molar-refractivity contribution in [3.8, 4) is 68.2 Å². The van der Waals surface area contributed by atoms with E-state index >= 15 is 0 Å². The van der Waals surface area contributed by atoms with Crippen LogP contribution in [0.2, 0.25) is 0 Å². The number of fused-ring (bicyclic) bond motifs is 16. The number of rotatable bonds is 12. The zero-order chi connectivity index (χ0) is 70.5. The third kappa shape index (κ3) is 9.43. The van der Waals surface area contributed by atoms with Crippen LogP contribution in [-0.2, 0) is 10.8 Å². The Kier molecular flexibility index (Phi) is 13.7. The van der Waals surface area contributed by atoms with E-state index in [0.717, 1.165) is 158 Å². The summed E-state index contributed by atoms with van der Waals surface area (Å²) in [5, 5.41) is 0. The van der Waals surface area contributed by atoms with Gasteiger partial charge in [0.1, 0.15) is 46.0 Å². The van der Waals surface area contributed by atoms with Gasteiger partial charge in [-0.05, 0) is 177 Å². The monoisotopic (exact) mass is 1360 g/mol. The Morgan fingerprint density at radius 2 is 0.491 bits per heavy atom. The summed E-state index contributed by atoms with van der Waals surface area (Å²) < 4.78 is 30.7. The minimum absolute atomic E-state index is 0.330. The van der Waals surface area contributed by atoms with Crippen LogP contribution in [-0.4, -0.2) is 13.4 Å². The summed E-state index contributed by atoms with van der Waals surface area (Å²) in [6.07, 6.45) is 0. The Hall–Kier alpha value is -13.2. The fourth-order valence-electron chi connectivity index (χ4n) is 17.9. The van der Waals surface area contributed by atoms with Crippen LogP contribution in [0.4, 0.5) is 68.2 Å². The number of hydrogen-bond acceptors (Lipinski definition) is 8. The molecule has 8 nitrogen and oxygen atoms in total. The molecule has 502 valence electrons. The maximum absolute atomic E-state index is 7.77. The van der Waals surface area contributed by atoms with Gasteiger partial charge >= 0.3 is 0 Å². The molecule has 0 spiro atoms. The molecule has 0 N–H and O–H groups in total. The van der Waals surface area contributed by atoms with Gasteiger partial charge in [-0.3, -0.25) is 0 Å². The van der Waals surface area contributed by atoms with Crippen molar-refractivity contribution < 1.29 is 18.9 Å². The number of ether oxygens (including phenoxy) is 4. The highest BCUT2D eigenvalue weighted by atomic mass is 16.5. The van der Waals surface area contributed by atoms with E-state index in [9.17, 15) is 0 Å². The minimum Gasteiger partial charge on any atom is -0.458 e. The fourth-order valence-corrected chi connectivity index (χ4v) is 17.9. The molecule has 15 aromatic rings. The number of para-hydroxylation sites is 8. The van der Waals surface area contributed by atoms with Crippen molar-refractivity contribution in [2.75, 3.05) is 19.6 Å². The number of hydrogen-bond donors (Lipinski definition) is 0. The molecule has 15 aromatic carbocycles. The summed E-state index contributed by atoms with van der Waals surface area (Å²) in [5.74, 6) is 6.05. The van der Waals surface area contributed by atoms with Crippen molar-refractivity contribution in [3.05, 3.63) is 362 Å². The van der Waals surface area contributed by atoms with Gasteiger partial charge in [0.05, 0.1) is 11.4 Å². The molecule has 10 heteroatoms. The van der Waals surface area contributed by atoms with Gasteiger partial charge in [-0.25, -0.2) is 0 Å². The molecule has 106 heavy (non-hydrogen) atoms. The van der Waals surface area contributed by atoms with Crippen LogP contribution in [0.3, 0.4) is 0 Å². The van der Waals surface area contributed by atoms with Crippen LogP contribution in [0, 0.1) is 0 Å². The summed E-state index contributed by atoms with van der Waals surface area (Å²) >= 11 is 0. The first kappa shape index (κ1) is 61.5. The normalized spacial score (nSPS) is 13.9. The lowest BCUT2D eigenvalue weighted by Gasteiger charge is -2.38. The maximum atomic E-state index is 7.77. The number of nitrogens with zero attached hydrogens (tertiary/aromatic N) is 4. The largest absolute Gasteiger partial charge is 0.458 e. The molecule has 0 saturated heterocycles. The van der Waals surface area contributed by atoms with Crippen LogP contribution in [0.1, 0.15) is 49.9 Å². The van der Waals surface area contributed by atoms with Gasteiger partial charge in [0, 0.05) is 120 Å². The van der Waals surface area contributed by atoms with Crippen LogP contribution in [0.15, 0.2) is 340 Å². The molecule has 2 aliphatic carbocycles. The Morgan fingerprint density at radius 3 is 0.783 bits per heavy atom. The number of benzene rings is 15. The molecular formula is C96H68B2N4O4. The lowest BCUT2D eigenvalue weighted by Crippen LogP contribution is -2.61. The summed E-state index contributed by atoms with van der Waals surface area (Å²) in [5.41, 5.74) is 27.1. The zero-order valence-corrected chi connectivity index (χ0v) is 58.9. The third-order valence-electron chi connectivity index (χ3n) is 22.8. The average molecular weight is 1360 g/mol. The first-order valence-electron chi connectivity index (χ1n) is 36.6. The van der Waals surface area contributed by atoms with Crippen LogP contribution < -0.4 is 71.3 Å². The van der Waals surface area contributed by atoms with Gasteiger partial charge in [0.15, 0.2) is 0 Å². The van der Waals surface area contributed by atoms with E-state index in [4.69, 9.17) is 18.9 Å². The first-order valence-corrected chi connectivity index (χ1v) is 36.6. The topological polar surface area (TPSA) is 49.9 Å². The van der Waals surface area contributed by atoms with Crippen molar-refractivity contribution in [2.45, 2.75) is 38.5 Å². The predicted molar refractivity (Wildman–Crippen MR) is 436 cm³/mol. The molecule has 0 aromatic heterocycles. The summed E-state index contributed by atoms with van der Waals surface area (Å²) in [6, 6.07) is 122. The second-order valence-electron chi connectivity index (χ2n) is 29.5. The summed E-state index contributed by atoms with van der Waals surface area (Å²) in [7, 11) is 0. The van der Waals surface area contributed by atoms with E-state index in [2.05, 4.69) is 387 Å².